The van der Waals surface area contributed by atoms with Gasteiger partial charge in [-0.25, -0.2) is 4.98 Å². The van der Waals surface area contributed by atoms with Gasteiger partial charge in [-0.15, -0.1) is 13.2 Å². The van der Waals surface area contributed by atoms with Crippen LogP contribution in [0.2, 0.25) is 0 Å². The molecule has 0 N–H and O–H groups in total. The number of carbonyl (C=O) groups excluding carboxylic acids is 1. The van der Waals surface area contributed by atoms with E-state index in [0.29, 0.717) is 3.70 Å². The Morgan fingerprint density at radius 1 is 1.42 bits per heavy atom. The number of aromatic nitrogens is 1. The second kappa shape index (κ2) is 6.26. The van der Waals surface area contributed by atoms with Crippen molar-refractivity contribution in [2.45, 2.75) is 12.8 Å². The van der Waals surface area contributed by atoms with Gasteiger partial charge in [-0.2, -0.15) is 0 Å². The third kappa shape index (κ3) is 4.40. The van der Waals surface area contributed by atoms with Gasteiger partial charge in [-0.05, 0) is 22.6 Å². The summed E-state index contributed by atoms with van der Waals surface area (Å²) in [5.41, 5.74) is 0.178. The summed E-state index contributed by atoms with van der Waals surface area (Å²) >= 11 is 1.78. The van der Waals surface area contributed by atoms with Crippen LogP contribution in [-0.4, -0.2) is 31.5 Å². The molecular weight excluding hydrogens is 382 g/mol. The molecule has 0 bridgehead atoms. The van der Waals surface area contributed by atoms with Crippen LogP contribution in [-0.2, 0) is 16.0 Å². The van der Waals surface area contributed by atoms with E-state index in [0.717, 1.165) is 6.20 Å². The van der Waals surface area contributed by atoms with Crippen LogP contribution in [0.25, 0.3) is 0 Å². The van der Waals surface area contributed by atoms with Crippen molar-refractivity contribution in [1.29, 1.82) is 0 Å². The highest BCUT2D eigenvalue weighted by Crippen LogP contribution is 2.36. The number of rotatable bonds is 4. The van der Waals surface area contributed by atoms with Gasteiger partial charge in [-0.1, -0.05) is 0 Å². The molecule has 106 valence electrons. The molecule has 9 heteroatoms. The van der Waals surface area contributed by atoms with Gasteiger partial charge >= 0.3 is 12.3 Å². The molecule has 0 fully saturated rings. The average molecular weight is 391 g/mol. The quantitative estimate of drug-likeness (QED) is 0.448. The molecule has 0 amide bonds. The molecule has 0 radical (unpaired) electrons. The molecule has 0 saturated heterocycles. The Morgan fingerprint density at radius 3 is 2.53 bits per heavy atom. The highest BCUT2D eigenvalue weighted by atomic mass is 127. The molecule has 1 aromatic heterocycles. The number of hydrogen-bond acceptors (Lipinski definition) is 5. The molecule has 1 aromatic rings. The highest BCUT2D eigenvalue weighted by molar-refractivity contribution is 14.1. The summed E-state index contributed by atoms with van der Waals surface area (Å²) in [5, 5.41) is 0. The van der Waals surface area contributed by atoms with Gasteiger partial charge < -0.3 is 14.2 Å². The van der Waals surface area contributed by atoms with Crippen LogP contribution >= 0.6 is 22.6 Å². The largest absolute Gasteiger partial charge is 0.573 e. The van der Waals surface area contributed by atoms with Gasteiger partial charge in [0.25, 0.3) is 0 Å². The standard InChI is InChI=1S/C10H9F3INO4/c1-17-7(16)3-5-8(18-2)6(4-15-9(5)14)19-10(11,12)13/h4H,3H2,1-2H3. The lowest BCUT2D eigenvalue weighted by Gasteiger charge is -2.15. The smallest absolute Gasteiger partial charge is 0.492 e. The molecule has 0 atom stereocenters. The van der Waals surface area contributed by atoms with E-state index in [-0.39, 0.29) is 17.7 Å². The number of methoxy groups -OCH3 is 2. The molecule has 1 rings (SSSR count). The predicted molar refractivity (Wildman–Crippen MR) is 65.9 cm³/mol. The lowest BCUT2D eigenvalue weighted by Crippen LogP contribution is -2.19. The molecule has 5 nitrogen and oxygen atoms in total. The average Bonchev–Trinajstić information content (AvgIpc) is 2.31. The third-order valence-electron chi connectivity index (χ3n) is 2.02. The predicted octanol–water partition coefficient (Wildman–Crippen LogP) is 2.31. The summed E-state index contributed by atoms with van der Waals surface area (Å²) in [6.45, 7) is 0. The van der Waals surface area contributed by atoms with Gasteiger partial charge in [-0.3, -0.25) is 4.79 Å². The Balaban J connectivity index is 3.21. The van der Waals surface area contributed by atoms with Crippen molar-refractivity contribution in [2.75, 3.05) is 14.2 Å². The topological polar surface area (TPSA) is 57.7 Å². The molecule has 19 heavy (non-hydrogen) atoms. The maximum absolute atomic E-state index is 12.2. The maximum atomic E-state index is 12.2. The maximum Gasteiger partial charge on any atom is 0.573 e. The summed E-state index contributed by atoms with van der Waals surface area (Å²) in [7, 11) is 2.35. The van der Waals surface area contributed by atoms with Crippen molar-refractivity contribution in [3.8, 4) is 11.5 Å². The summed E-state index contributed by atoms with van der Waals surface area (Å²) < 4.78 is 50.1. The Morgan fingerprint density at radius 2 is 2.05 bits per heavy atom. The second-order valence-corrected chi connectivity index (χ2v) is 4.25. The first-order valence-electron chi connectivity index (χ1n) is 4.82. The normalized spacial score (nSPS) is 11.1. The third-order valence-corrected chi connectivity index (χ3v) is 2.95. The van der Waals surface area contributed by atoms with Crippen LogP contribution in [0, 0.1) is 3.70 Å². The number of halogens is 4. The Hall–Kier alpha value is -1.26. The van der Waals surface area contributed by atoms with Gasteiger partial charge in [0.15, 0.2) is 11.5 Å². The van der Waals surface area contributed by atoms with E-state index in [2.05, 4.69) is 14.5 Å². The van der Waals surface area contributed by atoms with Crippen molar-refractivity contribution in [3.63, 3.8) is 0 Å². The molecule has 0 saturated carbocycles. The van der Waals surface area contributed by atoms with Crippen LogP contribution in [0.15, 0.2) is 6.20 Å². The van der Waals surface area contributed by atoms with E-state index in [9.17, 15) is 18.0 Å². The number of ether oxygens (including phenoxy) is 3. The van der Waals surface area contributed by atoms with E-state index in [1.807, 2.05) is 0 Å². The zero-order valence-electron chi connectivity index (χ0n) is 9.88. The van der Waals surface area contributed by atoms with E-state index in [4.69, 9.17) is 4.74 Å². The van der Waals surface area contributed by atoms with Gasteiger partial charge in [0.05, 0.1) is 26.8 Å². The van der Waals surface area contributed by atoms with Crippen LogP contribution in [0.4, 0.5) is 13.2 Å². The van der Waals surface area contributed by atoms with Gasteiger partial charge in [0.1, 0.15) is 3.70 Å². The first kappa shape index (κ1) is 15.8. The lowest BCUT2D eigenvalue weighted by atomic mass is 10.2. The van der Waals surface area contributed by atoms with Crippen molar-refractivity contribution in [2.24, 2.45) is 0 Å². The molecule has 0 aliphatic rings. The Kier molecular flexibility index (Phi) is 5.20. The molecule has 0 aromatic carbocycles. The molecular formula is C10H9F3INO4. The fourth-order valence-electron chi connectivity index (χ4n) is 1.29. The first-order valence-corrected chi connectivity index (χ1v) is 5.90. The number of pyridine rings is 1. The number of nitrogens with zero attached hydrogens (tertiary/aromatic N) is 1. The summed E-state index contributed by atoms with van der Waals surface area (Å²) in [4.78, 5) is 15.0. The van der Waals surface area contributed by atoms with Gasteiger partial charge in [0, 0.05) is 5.56 Å². The van der Waals surface area contributed by atoms with E-state index in [1.165, 1.54) is 14.2 Å². The first-order chi connectivity index (χ1) is 8.78. The fraction of sp³-hybridized carbons (Fsp3) is 0.400. The molecule has 0 unspecified atom stereocenters. The van der Waals surface area contributed by atoms with E-state index in [1.54, 1.807) is 22.6 Å². The number of hydrogen-bond donors (Lipinski definition) is 0. The van der Waals surface area contributed by atoms with Crippen molar-refractivity contribution in [1.82, 2.24) is 4.98 Å². The number of esters is 1. The van der Waals surface area contributed by atoms with Crippen LogP contribution in [0.3, 0.4) is 0 Å². The molecule has 0 aliphatic carbocycles. The van der Waals surface area contributed by atoms with Crippen molar-refractivity contribution in [3.05, 3.63) is 15.5 Å². The van der Waals surface area contributed by atoms with Crippen LogP contribution < -0.4 is 9.47 Å². The Bertz CT molecular complexity index is 479. The Labute approximate surface area is 120 Å². The molecule has 0 spiro atoms. The summed E-state index contributed by atoms with van der Waals surface area (Å²) in [6.07, 6.45) is -4.25. The minimum atomic E-state index is -4.87. The van der Waals surface area contributed by atoms with Crippen LogP contribution in [0.1, 0.15) is 5.56 Å². The minimum absolute atomic E-state index is 0.178. The summed E-state index contributed by atoms with van der Waals surface area (Å²) in [5.74, 6) is -1.42. The second-order valence-electron chi connectivity index (χ2n) is 3.23. The minimum Gasteiger partial charge on any atom is -0.492 e. The monoisotopic (exact) mass is 391 g/mol. The van der Waals surface area contributed by atoms with E-state index >= 15 is 0 Å². The molecule has 0 aliphatic heterocycles. The van der Waals surface area contributed by atoms with Crippen molar-refractivity contribution < 1.29 is 32.2 Å². The summed E-state index contributed by atoms with van der Waals surface area (Å²) in [6, 6.07) is 0. The highest BCUT2D eigenvalue weighted by Gasteiger charge is 2.33. The SMILES string of the molecule is COC(=O)Cc1c(I)ncc(OC(F)(F)F)c1OC. The lowest BCUT2D eigenvalue weighted by molar-refractivity contribution is -0.275. The number of carbonyl (C=O) groups is 1. The van der Waals surface area contributed by atoms with Crippen molar-refractivity contribution >= 4 is 28.6 Å². The zero-order chi connectivity index (χ0) is 14.6. The fourth-order valence-corrected chi connectivity index (χ4v) is 1.86. The molecule has 1 heterocycles. The van der Waals surface area contributed by atoms with Crippen LogP contribution in [0.5, 0.6) is 11.5 Å². The zero-order valence-corrected chi connectivity index (χ0v) is 12.0. The number of alkyl halides is 3. The van der Waals surface area contributed by atoms with E-state index < -0.39 is 18.1 Å². The van der Waals surface area contributed by atoms with Gasteiger partial charge in [0.2, 0.25) is 0 Å².